The Morgan fingerprint density at radius 1 is 1.25 bits per heavy atom. The first kappa shape index (κ1) is 13.7. The Kier molecular flexibility index (Phi) is 3.74. The number of phenols is 2. The molecule has 0 atom stereocenters. The molecule has 6 heteroatoms. The first-order valence-electron chi connectivity index (χ1n) is 5.98. The zero-order valence-corrected chi connectivity index (χ0v) is 10.8. The van der Waals surface area contributed by atoms with E-state index in [1.54, 1.807) is 18.2 Å². The Morgan fingerprint density at radius 3 is 2.70 bits per heavy atom. The van der Waals surface area contributed by atoms with Crippen molar-refractivity contribution >= 4 is 11.4 Å². The molecular weight excluding hydrogens is 260 g/mol. The predicted molar refractivity (Wildman–Crippen MR) is 74.9 cm³/mol. The molecule has 6 nitrogen and oxygen atoms in total. The zero-order chi connectivity index (χ0) is 14.7. The quantitative estimate of drug-likeness (QED) is 0.452. The second-order valence-corrected chi connectivity index (χ2v) is 4.39. The van der Waals surface area contributed by atoms with Gasteiger partial charge in [0.05, 0.1) is 4.92 Å². The van der Waals surface area contributed by atoms with Crippen LogP contribution in [0, 0.1) is 17.0 Å². The van der Waals surface area contributed by atoms with Gasteiger partial charge >= 0.3 is 0 Å². The van der Waals surface area contributed by atoms with Crippen molar-refractivity contribution in [2.45, 2.75) is 13.5 Å². The van der Waals surface area contributed by atoms with Crippen LogP contribution in [-0.2, 0) is 6.54 Å². The third-order valence-corrected chi connectivity index (χ3v) is 3.00. The maximum Gasteiger partial charge on any atom is 0.271 e. The van der Waals surface area contributed by atoms with Gasteiger partial charge in [0.1, 0.15) is 0 Å². The van der Waals surface area contributed by atoms with Gasteiger partial charge in [0.25, 0.3) is 5.69 Å². The lowest BCUT2D eigenvalue weighted by molar-refractivity contribution is -0.384. The van der Waals surface area contributed by atoms with E-state index < -0.39 is 4.92 Å². The number of anilines is 1. The average Bonchev–Trinajstić information content (AvgIpc) is 2.41. The Balaban J connectivity index is 2.20. The molecule has 0 aliphatic rings. The third-order valence-electron chi connectivity index (χ3n) is 3.00. The van der Waals surface area contributed by atoms with E-state index in [2.05, 4.69) is 5.32 Å². The molecule has 0 aliphatic heterocycles. The van der Waals surface area contributed by atoms with Crippen molar-refractivity contribution in [1.29, 1.82) is 0 Å². The molecule has 0 aromatic heterocycles. The number of non-ortho nitro benzene ring substituents is 1. The molecule has 0 spiro atoms. The van der Waals surface area contributed by atoms with Crippen LogP contribution in [-0.4, -0.2) is 15.1 Å². The molecule has 0 saturated carbocycles. The highest BCUT2D eigenvalue weighted by Crippen LogP contribution is 2.29. The molecule has 3 N–H and O–H groups in total. The van der Waals surface area contributed by atoms with E-state index in [0.29, 0.717) is 11.3 Å². The number of nitrogens with one attached hydrogen (secondary N) is 1. The molecule has 2 aromatic rings. The van der Waals surface area contributed by atoms with Crippen molar-refractivity contribution in [1.82, 2.24) is 0 Å². The van der Waals surface area contributed by atoms with Crippen LogP contribution in [0.25, 0.3) is 0 Å². The highest BCUT2D eigenvalue weighted by Gasteiger charge is 2.10. The standard InChI is InChI=1S/C14H14N2O4/c1-9-5-6-11(16(19)20)7-12(9)15-8-10-3-2-4-13(17)14(10)18/h2-7,15,17-18H,8H2,1H3. The number of nitrogens with zero attached hydrogens (tertiary/aromatic N) is 1. The molecule has 0 aliphatic carbocycles. The topological polar surface area (TPSA) is 95.6 Å². The first-order chi connectivity index (χ1) is 9.49. The Bertz CT molecular complexity index is 656. The average molecular weight is 274 g/mol. The molecule has 0 radical (unpaired) electrons. The van der Waals surface area contributed by atoms with E-state index in [-0.39, 0.29) is 23.7 Å². The van der Waals surface area contributed by atoms with Crippen LogP contribution in [0.1, 0.15) is 11.1 Å². The molecule has 104 valence electrons. The largest absolute Gasteiger partial charge is 0.504 e. The normalized spacial score (nSPS) is 10.2. The molecule has 2 aromatic carbocycles. The van der Waals surface area contributed by atoms with Crippen LogP contribution in [0.5, 0.6) is 11.5 Å². The lowest BCUT2D eigenvalue weighted by atomic mass is 10.1. The minimum atomic E-state index is -0.462. The second-order valence-electron chi connectivity index (χ2n) is 4.39. The van der Waals surface area contributed by atoms with Gasteiger partial charge in [-0.3, -0.25) is 10.1 Å². The van der Waals surface area contributed by atoms with E-state index in [1.807, 2.05) is 6.92 Å². The van der Waals surface area contributed by atoms with Crippen LogP contribution in [0.2, 0.25) is 0 Å². The third kappa shape index (κ3) is 2.80. The molecule has 0 heterocycles. The number of hydrogen-bond donors (Lipinski definition) is 3. The number of benzene rings is 2. The number of hydrogen-bond acceptors (Lipinski definition) is 5. The molecule has 0 saturated heterocycles. The van der Waals surface area contributed by atoms with E-state index in [0.717, 1.165) is 5.56 Å². The van der Waals surface area contributed by atoms with Gasteiger partial charge < -0.3 is 15.5 Å². The highest BCUT2D eigenvalue weighted by molar-refractivity contribution is 5.57. The van der Waals surface area contributed by atoms with Crippen molar-refractivity contribution < 1.29 is 15.1 Å². The number of para-hydroxylation sites is 1. The summed E-state index contributed by atoms with van der Waals surface area (Å²) in [6, 6.07) is 9.20. The van der Waals surface area contributed by atoms with Crippen LogP contribution >= 0.6 is 0 Å². The Morgan fingerprint density at radius 2 is 2.00 bits per heavy atom. The van der Waals surface area contributed by atoms with Crippen LogP contribution in [0.15, 0.2) is 36.4 Å². The maximum absolute atomic E-state index is 10.7. The van der Waals surface area contributed by atoms with Crippen molar-refractivity contribution in [3.05, 3.63) is 57.6 Å². The SMILES string of the molecule is Cc1ccc([N+](=O)[O-])cc1NCc1cccc(O)c1O. The fourth-order valence-corrected chi connectivity index (χ4v) is 1.82. The Hall–Kier alpha value is -2.76. The van der Waals surface area contributed by atoms with Gasteiger partial charge in [-0.05, 0) is 18.6 Å². The minimum absolute atomic E-state index is 0.00164. The molecule has 0 fully saturated rings. The fraction of sp³-hybridized carbons (Fsp3) is 0.143. The number of nitro groups is 1. The number of rotatable bonds is 4. The van der Waals surface area contributed by atoms with Crippen molar-refractivity contribution in [3.63, 3.8) is 0 Å². The van der Waals surface area contributed by atoms with Gasteiger partial charge in [-0.15, -0.1) is 0 Å². The summed E-state index contributed by atoms with van der Waals surface area (Å²) in [5.74, 6) is -0.386. The predicted octanol–water partition coefficient (Wildman–Crippen LogP) is 2.93. The van der Waals surface area contributed by atoms with Crippen molar-refractivity contribution in [2.75, 3.05) is 5.32 Å². The molecule has 2 rings (SSSR count). The van der Waals surface area contributed by atoms with Crippen LogP contribution in [0.3, 0.4) is 0 Å². The molecule has 0 amide bonds. The maximum atomic E-state index is 10.7. The zero-order valence-electron chi connectivity index (χ0n) is 10.8. The van der Waals surface area contributed by atoms with E-state index >= 15 is 0 Å². The van der Waals surface area contributed by atoms with Crippen LogP contribution < -0.4 is 5.32 Å². The van der Waals surface area contributed by atoms with E-state index in [4.69, 9.17) is 0 Å². The summed E-state index contributed by atoms with van der Waals surface area (Å²) in [5.41, 5.74) is 1.98. The highest BCUT2D eigenvalue weighted by atomic mass is 16.6. The summed E-state index contributed by atoms with van der Waals surface area (Å²) in [7, 11) is 0. The first-order valence-corrected chi connectivity index (χ1v) is 5.98. The number of aryl methyl sites for hydroxylation is 1. The molecule has 20 heavy (non-hydrogen) atoms. The smallest absolute Gasteiger partial charge is 0.271 e. The molecule has 0 bridgehead atoms. The van der Waals surface area contributed by atoms with Crippen LogP contribution in [0.4, 0.5) is 11.4 Å². The van der Waals surface area contributed by atoms with Gasteiger partial charge in [0.2, 0.25) is 0 Å². The summed E-state index contributed by atoms with van der Waals surface area (Å²) in [4.78, 5) is 10.3. The van der Waals surface area contributed by atoms with Gasteiger partial charge in [0.15, 0.2) is 11.5 Å². The minimum Gasteiger partial charge on any atom is -0.504 e. The van der Waals surface area contributed by atoms with E-state index in [9.17, 15) is 20.3 Å². The summed E-state index contributed by atoms with van der Waals surface area (Å²) in [5, 5.41) is 32.9. The van der Waals surface area contributed by atoms with E-state index in [1.165, 1.54) is 18.2 Å². The number of phenolic OH excluding ortho intramolecular Hbond substituents is 2. The molecular formula is C14H14N2O4. The lowest BCUT2D eigenvalue weighted by Gasteiger charge is -2.11. The monoisotopic (exact) mass is 274 g/mol. The summed E-state index contributed by atoms with van der Waals surface area (Å²) in [6.45, 7) is 2.08. The molecule has 0 unspecified atom stereocenters. The summed E-state index contributed by atoms with van der Waals surface area (Å²) >= 11 is 0. The van der Waals surface area contributed by atoms with Crippen molar-refractivity contribution in [3.8, 4) is 11.5 Å². The summed E-state index contributed by atoms with van der Waals surface area (Å²) < 4.78 is 0. The number of nitro benzene ring substituents is 1. The fourth-order valence-electron chi connectivity index (χ4n) is 1.82. The lowest BCUT2D eigenvalue weighted by Crippen LogP contribution is -2.02. The van der Waals surface area contributed by atoms with Gasteiger partial charge in [-0.1, -0.05) is 18.2 Å². The summed E-state index contributed by atoms with van der Waals surface area (Å²) in [6.07, 6.45) is 0. The van der Waals surface area contributed by atoms with Gasteiger partial charge in [-0.25, -0.2) is 0 Å². The van der Waals surface area contributed by atoms with Gasteiger partial charge in [-0.2, -0.15) is 0 Å². The number of aromatic hydroxyl groups is 2. The van der Waals surface area contributed by atoms with Gasteiger partial charge in [0, 0.05) is 29.9 Å². The van der Waals surface area contributed by atoms with Crippen molar-refractivity contribution in [2.24, 2.45) is 0 Å². The Labute approximate surface area is 115 Å². The second kappa shape index (κ2) is 5.48.